The third-order valence-electron chi connectivity index (χ3n) is 2.98. The Labute approximate surface area is 108 Å². The van der Waals surface area contributed by atoms with Crippen molar-refractivity contribution < 1.29 is 14.6 Å². The highest BCUT2D eigenvalue weighted by molar-refractivity contribution is 5.70. The van der Waals surface area contributed by atoms with Gasteiger partial charge in [-0.25, -0.2) is 0 Å². The second kappa shape index (κ2) is 6.84. The monoisotopic (exact) mass is 248 g/mol. The molecule has 0 aliphatic carbocycles. The third kappa shape index (κ3) is 4.24. The van der Waals surface area contributed by atoms with E-state index in [9.17, 15) is 9.90 Å². The summed E-state index contributed by atoms with van der Waals surface area (Å²) in [5, 5.41) is 9.29. The van der Waals surface area contributed by atoms with Gasteiger partial charge in [0.1, 0.15) is 5.75 Å². The molecule has 0 amide bonds. The number of carbonyl (C=O) groups excluding carboxylic acids is 1. The fourth-order valence-electron chi connectivity index (χ4n) is 1.72. The summed E-state index contributed by atoms with van der Waals surface area (Å²) in [4.78, 5) is 11.4. The van der Waals surface area contributed by atoms with Crippen molar-refractivity contribution in [1.82, 2.24) is 0 Å². The van der Waals surface area contributed by atoms with E-state index in [-0.39, 0.29) is 17.6 Å². The van der Waals surface area contributed by atoms with E-state index in [0.29, 0.717) is 6.42 Å². The van der Waals surface area contributed by atoms with E-state index >= 15 is 0 Å². The molecule has 1 rings (SSSR count). The molecule has 0 radical (unpaired) electrons. The normalized spacial score (nSPS) is 13.2. The topological polar surface area (TPSA) is 46.5 Å². The third-order valence-corrected chi connectivity index (χ3v) is 2.98. The fourth-order valence-corrected chi connectivity index (χ4v) is 1.72. The zero-order chi connectivity index (χ0) is 13.5. The summed E-state index contributed by atoms with van der Waals surface area (Å²) in [6.07, 6.45) is 3.36. The van der Waals surface area contributed by atoms with Crippen molar-refractivity contribution in [3.05, 3.63) is 41.5 Å². The lowest BCUT2D eigenvalue weighted by atomic mass is 9.93. The van der Waals surface area contributed by atoms with Crippen LogP contribution in [0.2, 0.25) is 0 Å². The molecule has 0 saturated carbocycles. The van der Waals surface area contributed by atoms with Crippen LogP contribution in [0.1, 0.15) is 38.2 Å². The highest BCUT2D eigenvalue weighted by Crippen LogP contribution is 2.25. The summed E-state index contributed by atoms with van der Waals surface area (Å²) >= 11 is 0. The summed E-state index contributed by atoms with van der Waals surface area (Å²) in [6, 6.07) is 6.94. The number of ether oxygens (including phenoxy) is 1. The molecule has 0 aliphatic heterocycles. The predicted octanol–water partition coefficient (Wildman–Crippen LogP) is 3.40. The molecule has 0 saturated heterocycles. The first-order chi connectivity index (χ1) is 8.56. The number of phenols is 1. The van der Waals surface area contributed by atoms with Gasteiger partial charge in [0.2, 0.25) is 0 Å². The van der Waals surface area contributed by atoms with Crippen molar-refractivity contribution in [3.63, 3.8) is 0 Å². The van der Waals surface area contributed by atoms with E-state index in [4.69, 9.17) is 4.74 Å². The summed E-state index contributed by atoms with van der Waals surface area (Å²) in [5.41, 5.74) is 2.24. The minimum atomic E-state index is -0.228. The van der Waals surface area contributed by atoms with Crippen LogP contribution < -0.4 is 0 Å². The molecule has 1 atom stereocenters. The van der Waals surface area contributed by atoms with Crippen molar-refractivity contribution in [3.8, 4) is 5.75 Å². The van der Waals surface area contributed by atoms with Crippen LogP contribution >= 0.6 is 0 Å². The van der Waals surface area contributed by atoms with Crippen molar-refractivity contribution in [2.24, 2.45) is 0 Å². The lowest BCUT2D eigenvalue weighted by Gasteiger charge is -2.13. The number of carbonyl (C=O) groups is 1. The Hall–Kier alpha value is -1.77. The smallest absolute Gasteiger partial charge is 0.306 e. The number of rotatable bonds is 5. The maximum absolute atomic E-state index is 11.4. The Bertz CT molecular complexity index is 418. The number of methoxy groups -OCH3 is 1. The largest absolute Gasteiger partial charge is 0.508 e. The second-order valence-electron chi connectivity index (χ2n) is 4.34. The first kappa shape index (κ1) is 14.3. The summed E-state index contributed by atoms with van der Waals surface area (Å²) in [6.45, 7) is 4.13. The van der Waals surface area contributed by atoms with Gasteiger partial charge in [0, 0.05) is 5.92 Å². The summed E-state index contributed by atoms with van der Waals surface area (Å²) < 4.78 is 4.72. The first-order valence-corrected chi connectivity index (χ1v) is 6.09. The molecule has 0 aliphatic rings. The predicted molar refractivity (Wildman–Crippen MR) is 71.5 cm³/mol. The van der Waals surface area contributed by atoms with Gasteiger partial charge >= 0.3 is 5.97 Å². The highest BCUT2D eigenvalue weighted by Gasteiger charge is 2.14. The average Bonchev–Trinajstić information content (AvgIpc) is 2.38. The molecule has 3 nitrogen and oxygen atoms in total. The van der Waals surface area contributed by atoms with Crippen LogP contribution in [-0.4, -0.2) is 18.2 Å². The van der Waals surface area contributed by atoms with Gasteiger partial charge in [-0.15, -0.1) is 0 Å². The standard InChI is InChI=1S/C15H20O3/c1-4-11(2)9-13(10-15(17)18-3)12-5-7-14(16)8-6-12/h5-9,13,16H,4,10H2,1-3H3/t13-/m0/s1. The van der Waals surface area contributed by atoms with Crippen LogP contribution in [0.4, 0.5) is 0 Å². The molecule has 1 N–H and O–H groups in total. The first-order valence-electron chi connectivity index (χ1n) is 6.09. The molecule has 1 aromatic carbocycles. The number of benzene rings is 1. The molecule has 98 valence electrons. The molecule has 0 fully saturated rings. The van der Waals surface area contributed by atoms with E-state index in [0.717, 1.165) is 12.0 Å². The summed E-state index contributed by atoms with van der Waals surface area (Å²) in [7, 11) is 1.40. The molecule has 0 heterocycles. The second-order valence-corrected chi connectivity index (χ2v) is 4.34. The van der Waals surface area contributed by atoms with Crippen LogP contribution in [-0.2, 0) is 9.53 Å². The van der Waals surface area contributed by atoms with Crippen molar-refractivity contribution in [1.29, 1.82) is 0 Å². The molecule has 1 aromatic rings. The van der Waals surface area contributed by atoms with E-state index in [2.05, 4.69) is 13.0 Å². The zero-order valence-electron chi connectivity index (χ0n) is 11.1. The van der Waals surface area contributed by atoms with Gasteiger partial charge in [-0.2, -0.15) is 0 Å². The highest BCUT2D eigenvalue weighted by atomic mass is 16.5. The Morgan fingerprint density at radius 1 is 1.39 bits per heavy atom. The Kier molecular flexibility index (Phi) is 5.43. The lowest BCUT2D eigenvalue weighted by molar-refractivity contribution is -0.140. The van der Waals surface area contributed by atoms with Crippen LogP contribution in [0, 0.1) is 0 Å². The van der Waals surface area contributed by atoms with Gasteiger partial charge in [0.15, 0.2) is 0 Å². The number of hydrogen-bond donors (Lipinski definition) is 1. The number of hydrogen-bond acceptors (Lipinski definition) is 3. The summed E-state index contributed by atoms with van der Waals surface area (Å²) in [5.74, 6) is -0.00186. The van der Waals surface area contributed by atoms with E-state index < -0.39 is 0 Å². The number of esters is 1. The van der Waals surface area contributed by atoms with Gasteiger partial charge in [-0.1, -0.05) is 30.7 Å². The van der Waals surface area contributed by atoms with Gasteiger partial charge in [0.05, 0.1) is 13.5 Å². The molecule has 3 heteroatoms. The van der Waals surface area contributed by atoms with E-state index in [1.165, 1.54) is 12.7 Å². The minimum absolute atomic E-state index is 0.00185. The van der Waals surface area contributed by atoms with Gasteiger partial charge in [0.25, 0.3) is 0 Å². The average molecular weight is 248 g/mol. The van der Waals surface area contributed by atoms with Crippen LogP contribution in [0.25, 0.3) is 0 Å². The number of allylic oxidation sites excluding steroid dienone is 2. The van der Waals surface area contributed by atoms with Crippen LogP contribution in [0.5, 0.6) is 5.75 Å². The quantitative estimate of drug-likeness (QED) is 0.641. The SMILES string of the molecule is CCC(C)=C[C@@H](CC(=O)OC)c1ccc(O)cc1. The van der Waals surface area contributed by atoms with Gasteiger partial charge < -0.3 is 9.84 Å². The van der Waals surface area contributed by atoms with Crippen LogP contribution in [0.15, 0.2) is 35.9 Å². The maximum atomic E-state index is 11.4. The van der Waals surface area contributed by atoms with Crippen molar-refractivity contribution in [2.75, 3.05) is 7.11 Å². The molecular formula is C15H20O3. The van der Waals surface area contributed by atoms with Gasteiger partial charge in [-0.05, 0) is 31.0 Å². The molecular weight excluding hydrogens is 228 g/mol. The minimum Gasteiger partial charge on any atom is -0.508 e. The Morgan fingerprint density at radius 2 is 2.00 bits per heavy atom. The Balaban J connectivity index is 2.96. The van der Waals surface area contributed by atoms with E-state index in [1.807, 2.05) is 19.1 Å². The molecule has 0 bridgehead atoms. The van der Waals surface area contributed by atoms with E-state index in [1.54, 1.807) is 12.1 Å². The Morgan fingerprint density at radius 3 is 2.50 bits per heavy atom. The molecule has 18 heavy (non-hydrogen) atoms. The molecule has 0 spiro atoms. The number of aromatic hydroxyl groups is 1. The maximum Gasteiger partial charge on any atom is 0.306 e. The lowest BCUT2D eigenvalue weighted by Crippen LogP contribution is -2.07. The van der Waals surface area contributed by atoms with Crippen molar-refractivity contribution in [2.45, 2.75) is 32.6 Å². The van der Waals surface area contributed by atoms with Crippen LogP contribution in [0.3, 0.4) is 0 Å². The zero-order valence-corrected chi connectivity index (χ0v) is 11.1. The number of phenolic OH excluding ortho intramolecular Hbond substituents is 1. The van der Waals surface area contributed by atoms with Crippen molar-refractivity contribution >= 4 is 5.97 Å². The van der Waals surface area contributed by atoms with Gasteiger partial charge in [-0.3, -0.25) is 4.79 Å². The molecule has 0 aromatic heterocycles. The fraction of sp³-hybridized carbons (Fsp3) is 0.400. The molecule has 0 unspecified atom stereocenters.